The molecule has 0 aromatic heterocycles. The molecule has 0 fully saturated rings. The molecule has 11 heteroatoms. The molecular formula is C22H18F6N2O3. The number of rotatable bonds is 5. The summed E-state index contributed by atoms with van der Waals surface area (Å²) in [5.74, 6) is -1.75. The molecule has 1 aliphatic rings. The maximum absolute atomic E-state index is 13.1. The Bertz CT molecular complexity index is 1080. The molecule has 0 radical (unpaired) electrons. The highest BCUT2D eigenvalue weighted by Gasteiger charge is 2.33. The lowest BCUT2D eigenvalue weighted by molar-refractivity contribution is -0.153. The number of benzene rings is 2. The van der Waals surface area contributed by atoms with Crippen molar-refractivity contribution in [3.05, 3.63) is 65.4 Å². The fourth-order valence-corrected chi connectivity index (χ4v) is 3.38. The van der Waals surface area contributed by atoms with E-state index in [1.807, 2.05) is 0 Å². The lowest BCUT2D eigenvalue weighted by atomic mass is 9.93. The summed E-state index contributed by atoms with van der Waals surface area (Å²) < 4.78 is 81.5. The standard InChI is InChI=1S/C22H18F6N2O3/c1-13(31)30-9-8-14-4-2-3-5-16(14)18(30)11-20(32)29-17-10-15(22(26,27)28)6-7-19(17)33-12-21(23,24)25/h2-10,18H,11-12H2,1H3,(H,29,32). The van der Waals surface area contributed by atoms with E-state index in [4.69, 9.17) is 0 Å². The first-order valence-electron chi connectivity index (χ1n) is 9.62. The van der Waals surface area contributed by atoms with Gasteiger partial charge in [-0.2, -0.15) is 26.3 Å². The van der Waals surface area contributed by atoms with Gasteiger partial charge in [0.2, 0.25) is 11.8 Å². The first-order valence-corrected chi connectivity index (χ1v) is 9.62. The van der Waals surface area contributed by atoms with E-state index in [1.165, 1.54) is 18.0 Å². The maximum atomic E-state index is 13.1. The van der Waals surface area contributed by atoms with E-state index >= 15 is 0 Å². The summed E-state index contributed by atoms with van der Waals surface area (Å²) >= 11 is 0. The summed E-state index contributed by atoms with van der Waals surface area (Å²) in [6.45, 7) is -0.459. The van der Waals surface area contributed by atoms with Gasteiger partial charge in [-0.25, -0.2) is 0 Å². The zero-order valence-corrected chi connectivity index (χ0v) is 17.1. The Kier molecular flexibility index (Phi) is 6.71. The summed E-state index contributed by atoms with van der Waals surface area (Å²) in [4.78, 5) is 26.1. The summed E-state index contributed by atoms with van der Waals surface area (Å²) in [5, 5.41) is 2.20. The molecule has 0 saturated heterocycles. The third kappa shape index (κ3) is 6.05. The van der Waals surface area contributed by atoms with Crippen molar-refractivity contribution in [3.8, 4) is 5.75 Å². The van der Waals surface area contributed by atoms with Gasteiger partial charge in [-0.3, -0.25) is 9.59 Å². The van der Waals surface area contributed by atoms with E-state index in [0.29, 0.717) is 23.8 Å². The monoisotopic (exact) mass is 472 g/mol. The van der Waals surface area contributed by atoms with Gasteiger partial charge >= 0.3 is 12.4 Å². The number of nitrogens with one attached hydrogen (secondary N) is 1. The highest BCUT2D eigenvalue weighted by molar-refractivity contribution is 5.93. The van der Waals surface area contributed by atoms with E-state index in [0.717, 1.165) is 5.56 Å². The van der Waals surface area contributed by atoms with Gasteiger partial charge < -0.3 is 15.0 Å². The molecule has 33 heavy (non-hydrogen) atoms. The molecule has 176 valence electrons. The van der Waals surface area contributed by atoms with E-state index in [1.54, 1.807) is 30.3 Å². The number of carbonyl (C=O) groups is 2. The minimum atomic E-state index is -4.79. The van der Waals surface area contributed by atoms with Crippen LogP contribution in [0.5, 0.6) is 5.75 Å². The molecule has 2 aromatic rings. The number of hydrogen-bond acceptors (Lipinski definition) is 3. The fourth-order valence-electron chi connectivity index (χ4n) is 3.38. The van der Waals surface area contributed by atoms with Gasteiger partial charge in [-0.05, 0) is 35.4 Å². The zero-order valence-electron chi connectivity index (χ0n) is 17.1. The lowest BCUT2D eigenvalue weighted by Gasteiger charge is -2.32. The van der Waals surface area contributed by atoms with Crippen molar-refractivity contribution < 1.29 is 40.7 Å². The summed E-state index contributed by atoms with van der Waals surface area (Å²) in [6, 6.07) is 7.95. The van der Waals surface area contributed by atoms with Gasteiger partial charge in [-0.1, -0.05) is 24.3 Å². The molecule has 0 bridgehead atoms. The van der Waals surface area contributed by atoms with Crippen LogP contribution < -0.4 is 10.1 Å². The lowest BCUT2D eigenvalue weighted by Crippen LogP contribution is -2.33. The molecule has 2 aromatic carbocycles. The van der Waals surface area contributed by atoms with Crippen LogP contribution in [0.2, 0.25) is 0 Å². The molecule has 0 aliphatic carbocycles. The number of nitrogens with zero attached hydrogens (tertiary/aromatic N) is 1. The minimum absolute atomic E-state index is 0.351. The predicted molar refractivity (Wildman–Crippen MR) is 107 cm³/mol. The Morgan fingerprint density at radius 1 is 1.06 bits per heavy atom. The Hall–Kier alpha value is -3.50. The van der Waals surface area contributed by atoms with Crippen molar-refractivity contribution >= 4 is 23.6 Å². The molecule has 3 rings (SSSR count). The second-order valence-corrected chi connectivity index (χ2v) is 7.25. The fraction of sp³-hybridized carbons (Fsp3) is 0.273. The normalized spacial score (nSPS) is 15.7. The van der Waals surface area contributed by atoms with Crippen LogP contribution in [0.15, 0.2) is 48.7 Å². The first-order chi connectivity index (χ1) is 15.3. The number of carbonyl (C=O) groups excluding carboxylic acids is 2. The molecular weight excluding hydrogens is 454 g/mol. The van der Waals surface area contributed by atoms with E-state index in [2.05, 4.69) is 10.1 Å². The highest BCUT2D eigenvalue weighted by Crippen LogP contribution is 2.37. The van der Waals surface area contributed by atoms with Crippen LogP contribution in [0, 0.1) is 0 Å². The third-order valence-corrected chi connectivity index (χ3v) is 4.82. The van der Waals surface area contributed by atoms with Gasteiger partial charge in [0, 0.05) is 13.1 Å². The van der Waals surface area contributed by atoms with Crippen molar-refractivity contribution in [2.75, 3.05) is 11.9 Å². The number of halogens is 6. The molecule has 2 amide bonds. The Morgan fingerprint density at radius 3 is 2.39 bits per heavy atom. The Morgan fingerprint density at radius 2 is 1.76 bits per heavy atom. The van der Waals surface area contributed by atoms with E-state index < -0.39 is 47.9 Å². The van der Waals surface area contributed by atoms with E-state index in [-0.39, 0.29) is 12.3 Å². The average Bonchev–Trinajstić information content (AvgIpc) is 2.71. The van der Waals surface area contributed by atoms with Crippen LogP contribution >= 0.6 is 0 Å². The quantitative estimate of drug-likeness (QED) is 0.581. The number of alkyl halides is 6. The van der Waals surface area contributed by atoms with Crippen LogP contribution in [0.25, 0.3) is 6.08 Å². The molecule has 0 saturated carbocycles. The molecule has 1 N–H and O–H groups in total. The van der Waals surface area contributed by atoms with Gasteiger partial charge in [0.1, 0.15) is 5.75 Å². The molecule has 1 aliphatic heterocycles. The van der Waals surface area contributed by atoms with Crippen molar-refractivity contribution in [3.63, 3.8) is 0 Å². The number of amides is 2. The second-order valence-electron chi connectivity index (χ2n) is 7.25. The van der Waals surface area contributed by atoms with E-state index in [9.17, 15) is 35.9 Å². The van der Waals surface area contributed by atoms with Gasteiger partial charge in [0.15, 0.2) is 6.61 Å². The van der Waals surface area contributed by atoms with Crippen LogP contribution in [-0.2, 0) is 15.8 Å². The van der Waals surface area contributed by atoms with Gasteiger partial charge in [-0.15, -0.1) is 0 Å². The van der Waals surface area contributed by atoms with Crippen molar-refractivity contribution in [1.82, 2.24) is 4.90 Å². The molecule has 0 spiro atoms. The molecule has 1 unspecified atom stereocenters. The number of hydrogen-bond donors (Lipinski definition) is 1. The average molecular weight is 472 g/mol. The third-order valence-electron chi connectivity index (χ3n) is 4.82. The Labute approximate surface area is 184 Å². The summed E-state index contributed by atoms with van der Waals surface area (Å²) in [6.07, 6.45) is -6.70. The SMILES string of the molecule is CC(=O)N1C=Cc2ccccc2C1CC(=O)Nc1cc(C(F)(F)F)ccc1OCC(F)(F)F. The van der Waals surface area contributed by atoms with Gasteiger partial charge in [0.05, 0.1) is 23.7 Å². The predicted octanol–water partition coefficient (Wildman–Crippen LogP) is 5.55. The second kappa shape index (κ2) is 9.16. The first kappa shape index (κ1) is 24.1. The molecule has 1 atom stereocenters. The zero-order chi connectivity index (χ0) is 24.4. The van der Waals surface area contributed by atoms with Crippen LogP contribution in [0.3, 0.4) is 0 Å². The minimum Gasteiger partial charge on any atom is -0.482 e. The number of fused-ring (bicyclic) bond motifs is 1. The van der Waals surface area contributed by atoms with Crippen LogP contribution in [0.1, 0.15) is 36.1 Å². The van der Waals surface area contributed by atoms with Crippen LogP contribution in [-0.4, -0.2) is 29.5 Å². The number of anilines is 1. The highest BCUT2D eigenvalue weighted by atomic mass is 19.4. The van der Waals surface area contributed by atoms with Crippen molar-refractivity contribution in [1.29, 1.82) is 0 Å². The van der Waals surface area contributed by atoms with Crippen molar-refractivity contribution in [2.45, 2.75) is 31.7 Å². The molecule has 5 nitrogen and oxygen atoms in total. The summed E-state index contributed by atoms with van der Waals surface area (Å²) in [7, 11) is 0. The smallest absolute Gasteiger partial charge is 0.422 e. The summed E-state index contributed by atoms with van der Waals surface area (Å²) in [5.41, 5.74) is -0.342. The van der Waals surface area contributed by atoms with Crippen LogP contribution in [0.4, 0.5) is 32.0 Å². The van der Waals surface area contributed by atoms with Crippen molar-refractivity contribution in [2.24, 2.45) is 0 Å². The Balaban J connectivity index is 1.87. The largest absolute Gasteiger partial charge is 0.482 e. The molecule has 1 heterocycles. The van der Waals surface area contributed by atoms with Gasteiger partial charge in [0.25, 0.3) is 0 Å². The number of ether oxygens (including phenoxy) is 1. The maximum Gasteiger partial charge on any atom is 0.422 e. The topological polar surface area (TPSA) is 58.6 Å².